The summed E-state index contributed by atoms with van der Waals surface area (Å²) in [4.78, 5) is 72.7. The Hall–Kier alpha value is -3.02. The van der Waals surface area contributed by atoms with Gasteiger partial charge in [-0.1, -0.05) is 0 Å². The van der Waals surface area contributed by atoms with Gasteiger partial charge in [0.1, 0.15) is 6.04 Å². The molecule has 12 nitrogen and oxygen atoms in total. The van der Waals surface area contributed by atoms with Crippen molar-refractivity contribution in [2.24, 2.45) is 0 Å². The molecule has 0 bridgehead atoms. The normalized spacial score (nSPS) is 16.7. The average molecular weight is 412 g/mol. The standard InChI is InChI=1S/C17H28N6O6/c1-11(21-14(26)7-18-10-24)16(28)19-6-13(25)17(29)20-8-15(27)23-5-4-12(9-23)22(2)3/h10-12H,4-9H2,1-3H3,(H,18,24)(H,19,28)(H,20,29)(H,21,26). The lowest BCUT2D eigenvalue weighted by Crippen LogP contribution is -2.49. The van der Waals surface area contributed by atoms with E-state index in [0.29, 0.717) is 19.5 Å². The minimum atomic E-state index is -0.978. The maximum Gasteiger partial charge on any atom is 0.289 e. The zero-order valence-electron chi connectivity index (χ0n) is 16.8. The number of rotatable bonds is 11. The Bertz CT molecular complexity index is 652. The lowest BCUT2D eigenvalue weighted by Gasteiger charge is -2.20. The fraction of sp³-hybridized carbons (Fsp3) is 0.647. The van der Waals surface area contributed by atoms with Gasteiger partial charge in [-0.3, -0.25) is 28.8 Å². The molecule has 1 aliphatic heterocycles. The second-order valence-electron chi connectivity index (χ2n) is 6.86. The third-order valence-corrected chi connectivity index (χ3v) is 4.44. The molecule has 1 heterocycles. The Kier molecular flexibility index (Phi) is 9.72. The first-order valence-corrected chi connectivity index (χ1v) is 9.15. The molecule has 1 rings (SSSR count). The molecule has 0 aromatic heterocycles. The van der Waals surface area contributed by atoms with Gasteiger partial charge in [-0.15, -0.1) is 0 Å². The molecule has 1 aliphatic rings. The lowest BCUT2D eigenvalue weighted by atomic mass is 10.2. The van der Waals surface area contributed by atoms with Crippen LogP contribution in [0.2, 0.25) is 0 Å². The van der Waals surface area contributed by atoms with Crippen molar-refractivity contribution in [2.45, 2.75) is 25.4 Å². The SMILES string of the molecule is CC(NC(=O)CNC=O)C(=O)NCC(=O)C(=O)NCC(=O)N1CCC(N(C)C)C1. The summed E-state index contributed by atoms with van der Waals surface area (Å²) < 4.78 is 0. The Morgan fingerprint density at radius 3 is 2.38 bits per heavy atom. The fourth-order valence-corrected chi connectivity index (χ4v) is 2.65. The number of likely N-dealkylation sites (tertiary alicyclic amines) is 1. The summed E-state index contributed by atoms with van der Waals surface area (Å²) in [5.74, 6) is -3.43. The number of hydrogen-bond donors (Lipinski definition) is 4. The lowest BCUT2D eigenvalue weighted by molar-refractivity contribution is -0.139. The molecule has 162 valence electrons. The van der Waals surface area contributed by atoms with Gasteiger partial charge in [-0.05, 0) is 27.4 Å². The highest BCUT2D eigenvalue weighted by Crippen LogP contribution is 2.12. The number of carbonyl (C=O) groups is 6. The van der Waals surface area contributed by atoms with Crippen LogP contribution in [-0.4, -0.2) is 105 Å². The first-order chi connectivity index (χ1) is 13.6. The monoisotopic (exact) mass is 412 g/mol. The molecule has 2 atom stereocenters. The zero-order chi connectivity index (χ0) is 22.0. The number of nitrogens with zero attached hydrogens (tertiary/aromatic N) is 2. The van der Waals surface area contributed by atoms with Gasteiger partial charge in [-0.25, -0.2) is 0 Å². The molecule has 4 N–H and O–H groups in total. The number of hydrogen-bond acceptors (Lipinski definition) is 7. The number of ketones is 1. The number of likely N-dealkylation sites (N-methyl/N-ethyl adjacent to an activating group) is 1. The average Bonchev–Trinajstić information content (AvgIpc) is 3.18. The summed E-state index contributed by atoms with van der Waals surface area (Å²) in [6.07, 6.45) is 1.19. The van der Waals surface area contributed by atoms with E-state index in [-0.39, 0.29) is 25.0 Å². The van der Waals surface area contributed by atoms with Crippen molar-refractivity contribution in [3.8, 4) is 0 Å². The topological polar surface area (TPSA) is 157 Å². The van der Waals surface area contributed by atoms with Gasteiger partial charge in [0.25, 0.3) is 5.91 Å². The van der Waals surface area contributed by atoms with Crippen LogP contribution in [0.25, 0.3) is 0 Å². The van der Waals surface area contributed by atoms with Gasteiger partial charge in [0.05, 0.1) is 19.6 Å². The Labute approximate surface area is 168 Å². The van der Waals surface area contributed by atoms with Gasteiger partial charge >= 0.3 is 0 Å². The van der Waals surface area contributed by atoms with Gasteiger partial charge in [0, 0.05) is 19.1 Å². The van der Waals surface area contributed by atoms with Crippen LogP contribution in [0.1, 0.15) is 13.3 Å². The van der Waals surface area contributed by atoms with E-state index in [1.807, 2.05) is 19.0 Å². The van der Waals surface area contributed by atoms with E-state index in [1.54, 1.807) is 4.90 Å². The van der Waals surface area contributed by atoms with Gasteiger partial charge in [0.2, 0.25) is 29.9 Å². The zero-order valence-corrected chi connectivity index (χ0v) is 16.8. The molecule has 0 radical (unpaired) electrons. The molecular weight excluding hydrogens is 384 g/mol. The Balaban J connectivity index is 2.31. The smallest absolute Gasteiger partial charge is 0.289 e. The first-order valence-electron chi connectivity index (χ1n) is 9.15. The highest BCUT2D eigenvalue weighted by atomic mass is 16.2. The predicted molar refractivity (Wildman–Crippen MR) is 101 cm³/mol. The summed E-state index contributed by atoms with van der Waals surface area (Å²) in [6.45, 7) is 1.38. The number of amides is 5. The fourth-order valence-electron chi connectivity index (χ4n) is 2.65. The third kappa shape index (κ3) is 8.25. The van der Waals surface area contributed by atoms with Crippen LogP contribution in [0.5, 0.6) is 0 Å². The van der Waals surface area contributed by atoms with E-state index < -0.39 is 36.1 Å². The van der Waals surface area contributed by atoms with Crippen molar-refractivity contribution in [3.63, 3.8) is 0 Å². The van der Waals surface area contributed by atoms with Gasteiger partial charge in [0.15, 0.2) is 0 Å². The first kappa shape index (κ1) is 24.0. The summed E-state index contributed by atoms with van der Waals surface area (Å²) in [5, 5.41) is 8.94. The molecule has 0 saturated carbocycles. The molecule has 2 unspecified atom stereocenters. The van der Waals surface area contributed by atoms with Gasteiger partial charge in [-0.2, -0.15) is 0 Å². The van der Waals surface area contributed by atoms with Crippen LogP contribution < -0.4 is 21.3 Å². The number of Topliss-reactive ketones (excluding diaryl/α,β-unsaturated/α-hetero) is 1. The minimum absolute atomic E-state index is 0.267. The quantitative estimate of drug-likeness (QED) is 0.200. The van der Waals surface area contributed by atoms with E-state index >= 15 is 0 Å². The molecular formula is C17H28N6O6. The molecule has 12 heteroatoms. The number of carbonyl (C=O) groups excluding carboxylic acids is 6. The second-order valence-corrected chi connectivity index (χ2v) is 6.86. The van der Waals surface area contributed by atoms with E-state index in [1.165, 1.54) is 6.92 Å². The summed E-state index contributed by atoms with van der Waals surface area (Å²) in [6, 6.07) is -0.698. The van der Waals surface area contributed by atoms with Crippen molar-refractivity contribution in [2.75, 3.05) is 46.8 Å². The molecule has 29 heavy (non-hydrogen) atoms. The third-order valence-electron chi connectivity index (χ3n) is 4.44. The highest BCUT2D eigenvalue weighted by Gasteiger charge is 2.28. The molecule has 0 aromatic rings. The summed E-state index contributed by atoms with van der Waals surface area (Å²) >= 11 is 0. The van der Waals surface area contributed by atoms with E-state index in [0.717, 1.165) is 6.42 Å². The van der Waals surface area contributed by atoms with Crippen LogP contribution in [-0.2, 0) is 28.8 Å². The van der Waals surface area contributed by atoms with Crippen molar-refractivity contribution in [3.05, 3.63) is 0 Å². The summed E-state index contributed by atoms with van der Waals surface area (Å²) in [5.41, 5.74) is 0. The maximum atomic E-state index is 12.1. The van der Waals surface area contributed by atoms with Crippen molar-refractivity contribution < 1.29 is 28.8 Å². The van der Waals surface area contributed by atoms with E-state index in [9.17, 15) is 28.8 Å². The highest BCUT2D eigenvalue weighted by molar-refractivity contribution is 6.37. The molecule has 0 spiro atoms. The summed E-state index contributed by atoms with van der Waals surface area (Å²) in [7, 11) is 3.86. The predicted octanol–water partition coefficient (Wildman–Crippen LogP) is -3.80. The van der Waals surface area contributed by atoms with Crippen molar-refractivity contribution >= 4 is 35.8 Å². The van der Waals surface area contributed by atoms with Crippen LogP contribution in [0.3, 0.4) is 0 Å². The molecule has 1 saturated heterocycles. The van der Waals surface area contributed by atoms with Crippen LogP contribution >= 0.6 is 0 Å². The largest absolute Gasteiger partial charge is 0.350 e. The molecule has 0 aromatic carbocycles. The second kappa shape index (κ2) is 11.7. The Morgan fingerprint density at radius 1 is 1.10 bits per heavy atom. The van der Waals surface area contributed by atoms with Gasteiger partial charge < -0.3 is 31.1 Å². The minimum Gasteiger partial charge on any atom is -0.350 e. The molecule has 0 aliphatic carbocycles. The van der Waals surface area contributed by atoms with E-state index in [2.05, 4.69) is 21.3 Å². The Morgan fingerprint density at radius 2 is 1.79 bits per heavy atom. The number of nitrogens with one attached hydrogen (secondary N) is 4. The molecule has 5 amide bonds. The van der Waals surface area contributed by atoms with Crippen LogP contribution in [0, 0.1) is 0 Å². The maximum absolute atomic E-state index is 12.1. The van der Waals surface area contributed by atoms with Crippen molar-refractivity contribution in [1.29, 1.82) is 0 Å². The van der Waals surface area contributed by atoms with Crippen LogP contribution in [0.15, 0.2) is 0 Å². The van der Waals surface area contributed by atoms with Crippen LogP contribution in [0.4, 0.5) is 0 Å². The van der Waals surface area contributed by atoms with Crippen molar-refractivity contribution in [1.82, 2.24) is 31.1 Å². The van der Waals surface area contributed by atoms with E-state index in [4.69, 9.17) is 0 Å². The molecule has 1 fully saturated rings.